The van der Waals surface area contributed by atoms with E-state index in [2.05, 4.69) is 24.8 Å². The summed E-state index contributed by atoms with van der Waals surface area (Å²) in [6, 6.07) is 0. The second-order valence-corrected chi connectivity index (χ2v) is 3.14. The van der Waals surface area contributed by atoms with Crippen LogP contribution in [0.5, 0.6) is 0 Å². The quantitative estimate of drug-likeness (QED) is 0.308. The van der Waals surface area contributed by atoms with E-state index >= 15 is 0 Å². The minimum absolute atomic E-state index is 0.545. The van der Waals surface area contributed by atoms with E-state index in [-0.39, 0.29) is 0 Å². The molecule has 0 rings (SSSR count). The Labute approximate surface area is 87.2 Å². The van der Waals surface area contributed by atoms with Crippen LogP contribution in [0.1, 0.15) is 38.5 Å². The molecule has 1 heteroatoms. The molecular weight excluding hydrogens is 172 g/mol. The molecule has 0 unspecified atom stereocenters. The molecule has 0 aromatic carbocycles. The topological polar surface area (TPSA) is 17.1 Å². The molecule has 0 aromatic rings. The van der Waals surface area contributed by atoms with Crippen LogP contribution in [0.25, 0.3) is 0 Å². The lowest BCUT2D eigenvalue weighted by Gasteiger charge is -1.89. The third-order valence-electron chi connectivity index (χ3n) is 1.84. The van der Waals surface area contributed by atoms with Gasteiger partial charge in [0.25, 0.3) is 0 Å². The number of aldehydes is 1. The van der Waals surface area contributed by atoms with E-state index in [1.165, 1.54) is 6.42 Å². The molecule has 0 heterocycles. The molecule has 78 valence electrons. The van der Waals surface area contributed by atoms with E-state index in [0.29, 0.717) is 6.42 Å². The zero-order valence-electron chi connectivity index (χ0n) is 8.82. The van der Waals surface area contributed by atoms with Crippen molar-refractivity contribution in [2.45, 2.75) is 38.5 Å². The summed E-state index contributed by atoms with van der Waals surface area (Å²) < 4.78 is 0. The van der Waals surface area contributed by atoms with Crippen LogP contribution in [0.4, 0.5) is 0 Å². The van der Waals surface area contributed by atoms with Crippen LogP contribution in [0.15, 0.2) is 37.0 Å². The second-order valence-electron chi connectivity index (χ2n) is 3.14. The molecule has 0 saturated heterocycles. The third kappa shape index (κ3) is 10.9. The van der Waals surface area contributed by atoms with Crippen molar-refractivity contribution in [1.82, 2.24) is 0 Å². The summed E-state index contributed by atoms with van der Waals surface area (Å²) in [5, 5.41) is 0. The Hall–Kier alpha value is -1.11. The summed E-state index contributed by atoms with van der Waals surface area (Å²) >= 11 is 0. The number of carbonyl (C=O) groups excluding carboxylic acids is 1. The standard InChI is InChI=1S/C13H20O/c1-2-3-4-5-6-7-8-9-10-11-12-13-14/h2,6-7,10-11,13H,1,3-5,8-9,12H2/b7-6+,11-10+. The summed E-state index contributed by atoms with van der Waals surface area (Å²) in [4.78, 5) is 9.97. The largest absolute Gasteiger partial charge is 0.303 e. The van der Waals surface area contributed by atoms with E-state index in [1.54, 1.807) is 0 Å². The van der Waals surface area contributed by atoms with Crippen LogP contribution in [-0.4, -0.2) is 6.29 Å². The average Bonchev–Trinajstić information content (AvgIpc) is 2.21. The van der Waals surface area contributed by atoms with Crippen LogP contribution >= 0.6 is 0 Å². The van der Waals surface area contributed by atoms with Crippen LogP contribution in [0.3, 0.4) is 0 Å². The highest BCUT2D eigenvalue weighted by atomic mass is 16.1. The molecule has 0 aliphatic rings. The Balaban J connectivity index is 3.17. The number of hydrogen-bond donors (Lipinski definition) is 0. The van der Waals surface area contributed by atoms with E-state index in [9.17, 15) is 4.79 Å². The van der Waals surface area contributed by atoms with Crippen molar-refractivity contribution in [3.8, 4) is 0 Å². The highest BCUT2D eigenvalue weighted by Crippen LogP contribution is 1.99. The van der Waals surface area contributed by atoms with Gasteiger partial charge in [-0.05, 0) is 32.1 Å². The Morgan fingerprint density at radius 2 is 1.50 bits per heavy atom. The molecule has 1 nitrogen and oxygen atoms in total. The maximum absolute atomic E-state index is 9.97. The van der Waals surface area contributed by atoms with E-state index in [0.717, 1.165) is 32.0 Å². The van der Waals surface area contributed by atoms with Crippen molar-refractivity contribution < 1.29 is 4.79 Å². The van der Waals surface area contributed by atoms with Gasteiger partial charge in [-0.3, -0.25) is 0 Å². The number of hydrogen-bond acceptors (Lipinski definition) is 1. The van der Waals surface area contributed by atoms with Crippen LogP contribution in [-0.2, 0) is 4.79 Å². The smallest absolute Gasteiger partial charge is 0.123 e. The molecule has 0 spiro atoms. The molecule has 0 fully saturated rings. The highest BCUT2D eigenvalue weighted by molar-refractivity contribution is 5.51. The molecular formula is C13H20O. The van der Waals surface area contributed by atoms with Crippen LogP contribution in [0, 0.1) is 0 Å². The summed E-state index contributed by atoms with van der Waals surface area (Å²) in [5.74, 6) is 0. The Bertz CT molecular complexity index is 189. The number of unbranched alkanes of at least 4 members (excludes halogenated alkanes) is 3. The van der Waals surface area contributed by atoms with Gasteiger partial charge in [0.15, 0.2) is 0 Å². The van der Waals surface area contributed by atoms with Gasteiger partial charge < -0.3 is 4.79 Å². The van der Waals surface area contributed by atoms with Crippen molar-refractivity contribution in [3.05, 3.63) is 37.0 Å². The van der Waals surface area contributed by atoms with Crippen LogP contribution in [0.2, 0.25) is 0 Å². The van der Waals surface area contributed by atoms with Gasteiger partial charge in [0.1, 0.15) is 6.29 Å². The molecule has 0 aromatic heterocycles. The first kappa shape index (κ1) is 12.9. The Kier molecular flexibility index (Phi) is 10.9. The van der Waals surface area contributed by atoms with Crippen LogP contribution < -0.4 is 0 Å². The Morgan fingerprint density at radius 1 is 0.857 bits per heavy atom. The summed E-state index contributed by atoms with van der Waals surface area (Å²) in [7, 11) is 0. The fourth-order valence-electron chi connectivity index (χ4n) is 1.08. The zero-order valence-corrected chi connectivity index (χ0v) is 8.82. The zero-order chi connectivity index (χ0) is 10.5. The van der Waals surface area contributed by atoms with Gasteiger partial charge in [-0.25, -0.2) is 0 Å². The van der Waals surface area contributed by atoms with Crippen molar-refractivity contribution in [2.24, 2.45) is 0 Å². The van der Waals surface area contributed by atoms with Gasteiger partial charge >= 0.3 is 0 Å². The lowest BCUT2D eigenvalue weighted by molar-refractivity contribution is -0.107. The number of allylic oxidation sites excluding steroid dienone is 5. The number of carbonyl (C=O) groups is 1. The van der Waals surface area contributed by atoms with E-state index < -0.39 is 0 Å². The minimum atomic E-state index is 0.545. The summed E-state index contributed by atoms with van der Waals surface area (Å²) in [6.07, 6.45) is 17.4. The van der Waals surface area contributed by atoms with Gasteiger partial charge in [-0.1, -0.05) is 30.4 Å². The van der Waals surface area contributed by atoms with Gasteiger partial charge in [0.05, 0.1) is 0 Å². The van der Waals surface area contributed by atoms with Gasteiger partial charge in [0.2, 0.25) is 0 Å². The predicted molar refractivity (Wildman–Crippen MR) is 62.2 cm³/mol. The fraction of sp³-hybridized carbons (Fsp3) is 0.462. The second kappa shape index (κ2) is 11.9. The highest BCUT2D eigenvalue weighted by Gasteiger charge is 1.80. The lowest BCUT2D eigenvalue weighted by Crippen LogP contribution is -1.70. The molecule has 0 atom stereocenters. The van der Waals surface area contributed by atoms with Crippen molar-refractivity contribution >= 4 is 6.29 Å². The molecule has 14 heavy (non-hydrogen) atoms. The molecule has 0 amide bonds. The van der Waals surface area contributed by atoms with E-state index in [4.69, 9.17) is 0 Å². The van der Waals surface area contributed by atoms with Gasteiger partial charge in [0, 0.05) is 6.42 Å². The number of rotatable bonds is 9. The fourth-order valence-corrected chi connectivity index (χ4v) is 1.08. The molecule has 0 aliphatic heterocycles. The molecule has 0 saturated carbocycles. The first-order valence-corrected chi connectivity index (χ1v) is 5.26. The monoisotopic (exact) mass is 192 g/mol. The normalized spacial score (nSPS) is 11.1. The van der Waals surface area contributed by atoms with E-state index in [1.807, 2.05) is 12.2 Å². The predicted octanol–water partition coefficient (Wildman–Crippen LogP) is 3.82. The van der Waals surface area contributed by atoms with Crippen molar-refractivity contribution in [2.75, 3.05) is 0 Å². The SMILES string of the molecule is C=CCCC/C=C/CC/C=C/CC=O. The summed E-state index contributed by atoms with van der Waals surface area (Å²) in [6.45, 7) is 3.67. The molecule has 0 radical (unpaired) electrons. The third-order valence-corrected chi connectivity index (χ3v) is 1.84. The molecule has 0 N–H and O–H groups in total. The Morgan fingerprint density at radius 3 is 2.14 bits per heavy atom. The average molecular weight is 192 g/mol. The van der Waals surface area contributed by atoms with Crippen molar-refractivity contribution in [3.63, 3.8) is 0 Å². The molecule has 0 aliphatic carbocycles. The maximum atomic E-state index is 9.97. The maximum Gasteiger partial charge on any atom is 0.123 e. The molecule has 0 bridgehead atoms. The van der Waals surface area contributed by atoms with Gasteiger partial charge in [-0.2, -0.15) is 0 Å². The van der Waals surface area contributed by atoms with Crippen molar-refractivity contribution in [1.29, 1.82) is 0 Å². The first-order valence-electron chi connectivity index (χ1n) is 5.26. The minimum Gasteiger partial charge on any atom is -0.303 e. The summed E-state index contributed by atoms with van der Waals surface area (Å²) in [5.41, 5.74) is 0. The first-order chi connectivity index (χ1) is 6.91. The lowest BCUT2D eigenvalue weighted by atomic mass is 10.2. The van der Waals surface area contributed by atoms with Gasteiger partial charge in [-0.15, -0.1) is 6.58 Å².